The van der Waals surface area contributed by atoms with Crippen LogP contribution in [0.15, 0.2) is 30.3 Å². The number of carbonyl (C=O) groups is 1. The maximum absolute atomic E-state index is 12.4. The van der Waals surface area contributed by atoms with Crippen LogP contribution in [0.4, 0.5) is 0 Å². The first kappa shape index (κ1) is 15.5. The smallest absolute Gasteiger partial charge is 0.220 e. The lowest BCUT2D eigenvalue weighted by atomic mass is 9.75. The number of hydrogen-bond donors (Lipinski definition) is 1. The van der Waals surface area contributed by atoms with Crippen LogP contribution in [0.25, 0.3) is 0 Å². The Hall–Kier alpha value is -1.35. The maximum atomic E-state index is 12.4. The van der Waals surface area contributed by atoms with Gasteiger partial charge in [-0.1, -0.05) is 43.2 Å². The highest BCUT2D eigenvalue weighted by Gasteiger charge is 2.46. The number of benzene rings is 1. The zero-order valence-electron chi connectivity index (χ0n) is 13.7. The number of likely N-dealkylation sites (tertiary alicyclic amines) is 1. The van der Waals surface area contributed by atoms with Crippen molar-refractivity contribution in [2.45, 2.75) is 62.9 Å². The first-order chi connectivity index (χ1) is 10.7. The highest BCUT2D eigenvalue weighted by molar-refractivity contribution is 5.76. The van der Waals surface area contributed by atoms with Crippen molar-refractivity contribution in [1.29, 1.82) is 0 Å². The highest BCUT2D eigenvalue weighted by Crippen LogP contribution is 2.40. The molecule has 1 spiro atoms. The molecule has 1 aromatic rings. The number of hydrogen-bond acceptors (Lipinski definition) is 2. The van der Waals surface area contributed by atoms with Crippen LogP contribution in [0.5, 0.6) is 0 Å². The van der Waals surface area contributed by atoms with E-state index >= 15 is 0 Å². The molecule has 0 radical (unpaired) electrons. The van der Waals surface area contributed by atoms with E-state index in [4.69, 9.17) is 0 Å². The van der Waals surface area contributed by atoms with Gasteiger partial charge < -0.3 is 5.32 Å². The molecule has 0 unspecified atom stereocenters. The van der Waals surface area contributed by atoms with E-state index in [1.165, 1.54) is 44.2 Å². The van der Waals surface area contributed by atoms with Crippen LogP contribution in [0.2, 0.25) is 0 Å². The number of rotatable bonds is 4. The Kier molecular flexibility index (Phi) is 4.82. The Balaban J connectivity index is 1.57. The van der Waals surface area contributed by atoms with Crippen molar-refractivity contribution in [2.75, 3.05) is 13.6 Å². The summed E-state index contributed by atoms with van der Waals surface area (Å²) in [4.78, 5) is 14.9. The van der Waals surface area contributed by atoms with E-state index in [1.807, 2.05) is 18.2 Å². The van der Waals surface area contributed by atoms with Gasteiger partial charge in [0.2, 0.25) is 5.91 Å². The van der Waals surface area contributed by atoms with Gasteiger partial charge in [-0.15, -0.1) is 0 Å². The molecule has 0 bridgehead atoms. The van der Waals surface area contributed by atoms with Gasteiger partial charge in [0.1, 0.15) is 0 Å². The lowest BCUT2D eigenvalue weighted by molar-refractivity contribution is -0.123. The molecule has 1 aliphatic heterocycles. The summed E-state index contributed by atoms with van der Waals surface area (Å²) in [7, 11) is 2.24. The number of nitrogens with one attached hydrogen (secondary N) is 1. The van der Waals surface area contributed by atoms with E-state index in [2.05, 4.69) is 29.4 Å². The lowest BCUT2D eigenvalue weighted by Gasteiger charge is -2.46. The Labute approximate surface area is 134 Å². The zero-order valence-corrected chi connectivity index (χ0v) is 13.7. The predicted octanol–water partition coefficient (Wildman–Crippen LogP) is 3.14. The predicted molar refractivity (Wildman–Crippen MR) is 89.8 cm³/mol. The molecular formula is C19H28N2O. The molecule has 2 atom stereocenters. The molecule has 3 rings (SSSR count). The largest absolute Gasteiger partial charge is 0.351 e. The van der Waals surface area contributed by atoms with Crippen LogP contribution in [0.1, 0.15) is 50.5 Å². The SMILES string of the molecule is CN1CCC[C@@]12CCCC[C@@H]2NC(=O)CCc1ccccc1. The van der Waals surface area contributed by atoms with Crippen LogP contribution < -0.4 is 5.32 Å². The van der Waals surface area contributed by atoms with E-state index in [-0.39, 0.29) is 11.4 Å². The molecule has 1 aromatic carbocycles. The second kappa shape index (κ2) is 6.82. The van der Waals surface area contributed by atoms with Crippen molar-refractivity contribution < 1.29 is 4.79 Å². The van der Waals surface area contributed by atoms with E-state index in [9.17, 15) is 4.79 Å². The standard InChI is InChI=1S/C19H28N2O/c1-21-15-7-14-19(21)13-6-5-10-17(19)20-18(22)12-11-16-8-3-2-4-9-16/h2-4,8-9,17H,5-7,10-15H2,1H3,(H,20,22)/t17-,19+/m0/s1. The van der Waals surface area contributed by atoms with Crippen molar-refractivity contribution >= 4 is 5.91 Å². The average molecular weight is 300 g/mol. The second-order valence-electron chi connectivity index (χ2n) is 6.98. The second-order valence-corrected chi connectivity index (χ2v) is 6.98. The summed E-state index contributed by atoms with van der Waals surface area (Å²) in [6, 6.07) is 10.6. The van der Waals surface area contributed by atoms with Gasteiger partial charge in [-0.2, -0.15) is 0 Å². The van der Waals surface area contributed by atoms with Gasteiger partial charge in [-0.3, -0.25) is 9.69 Å². The van der Waals surface area contributed by atoms with Crippen LogP contribution in [-0.2, 0) is 11.2 Å². The molecule has 3 nitrogen and oxygen atoms in total. The number of amides is 1. The van der Waals surface area contributed by atoms with Gasteiger partial charge in [0.05, 0.1) is 0 Å². The Morgan fingerprint density at radius 2 is 2.00 bits per heavy atom. The van der Waals surface area contributed by atoms with Crippen molar-refractivity contribution in [3.8, 4) is 0 Å². The minimum atomic E-state index is 0.218. The van der Waals surface area contributed by atoms with Crippen molar-refractivity contribution in [3.63, 3.8) is 0 Å². The van der Waals surface area contributed by atoms with Gasteiger partial charge in [0, 0.05) is 18.0 Å². The third-order valence-electron chi connectivity index (χ3n) is 5.68. The maximum Gasteiger partial charge on any atom is 0.220 e. The van der Waals surface area contributed by atoms with Crippen molar-refractivity contribution in [2.24, 2.45) is 0 Å². The summed E-state index contributed by atoms with van der Waals surface area (Å²) in [5.41, 5.74) is 1.48. The van der Waals surface area contributed by atoms with Gasteiger partial charge in [-0.05, 0) is 51.3 Å². The molecule has 1 saturated carbocycles. The fourth-order valence-electron chi connectivity index (χ4n) is 4.39. The third kappa shape index (κ3) is 3.19. The first-order valence-electron chi connectivity index (χ1n) is 8.75. The molecule has 0 aromatic heterocycles. The minimum absolute atomic E-state index is 0.218. The van der Waals surface area contributed by atoms with Gasteiger partial charge in [0.25, 0.3) is 0 Å². The monoisotopic (exact) mass is 300 g/mol. The molecule has 22 heavy (non-hydrogen) atoms. The van der Waals surface area contributed by atoms with Gasteiger partial charge in [-0.25, -0.2) is 0 Å². The molecule has 2 fully saturated rings. The summed E-state index contributed by atoms with van der Waals surface area (Å²) in [6.07, 6.45) is 8.89. The summed E-state index contributed by atoms with van der Waals surface area (Å²) in [5, 5.41) is 3.37. The number of carbonyl (C=O) groups excluding carboxylic acids is 1. The molecule has 3 heteroatoms. The summed E-state index contributed by atoms with van der Waals surface area (Å²) >= 11 is 0. The molecule has 120 valence electrons. The van der Waals surface area contributed by atoms with Crippen LogP contribution >= 0.6 is 0 Å². The average Bonchev–Trinajstić information content (AvgIpc) is 2.90. The summed E-state index contributed by atoms with van der Waals surface area (Å²) < 4.78 is 0. The third-order valence-corrected chi connectivity index (χ3v) is 5.68. The summed E-state index contributed by atoms with van der Waals surface area (Å²) in [6.45, 7) is 1.18. The molecule has 1 amide bonds. The molecule has 1 N–H and O–H groups in total. The normalized spacial score (nSPS) is 28.9. The number of aryl methyl sites for hydroxylation is 1. The minimum Gasteiger partial charge on any atom is -0.351 e. The van der Waals surface area contributed by atoms with Gasteiger partial charge in [0.15, 0.2) is 0 Å². The Morgan fingerprint density at radius 1 is 1.23 bits per heavy atom. The fraction of sp³-hybridized carbons (Fsp3) is 0.632. The Morgan fingerprint density at radius 3 is 2.73 bits per heavy atom. The lowest BCUT2D eigenvalue weighted by Crippen LogP contribution is -2.59. The van der Waals surface area contributed by atoms with E-state index in [0.717, 1.165) is 12.8 Å². The van der Waals surface area contributed by atoms with E-state index < -0.39 is 0 Å². The van der Waals surface area contributed by atoms with Crippen molar-refractivity contribution in [1.82, 2.24) is 10.2 Å². The number of nitrogens with zero attached hydrogens (tertiary/aromatic N) is 1. The van der Waals surface area contributed by atoms with Crippen LogP contribution in [-0.4, -0.2) is 36.0 Å². The van der Waals surface area contributed by atoms with Crippen LogP contribution in [0.3, 0.4) is 0 Å². The molecular weight excluding hydrogens is 272 g/mol. The van der Waals surface area contributed by atoms with Crippen molar-refractivity contribution in [3.05, 3.63) is 35.9 Å². The molecule has 2 aliphatic rings. The van der Waals surface area contributed by atoms with E-state index in [0.29, 0.717) is 12.5 Å². The fourth-order valence-corrected chi connectivity index (χ4v) is 4.39. The van der Waals surface area contributed by atoms with Crippen LogP contribution in [0, 0.1) is 0 Å². The quantitative estimate of drug-likeness (QED) is 0.926. The Bertz CT molecular complexity index is 501. The first-order valence-corrected chi connectivity index (χ1v) is 8.75. The number of likely N-dealkylation sites (N-methyl/N-ethyl adjacent to an activating group) is 1. The zero-order chi connectivity index (χ0) is 15.4. The molecule has 1 aliphatic carbocycles. The summed E-state index contributed by atoms with van der Waals surface area (Å²) in [5.74, 6) is 0.218. The highest BCUT2D eigenvalue weighted by atomic mass is 16.1. The molecule has 1 saturated heterocycles. The van der Waals surface area contributed by atoms with E-state index in [1.54, 1.807) is 0 Å². The topological polar surface area (TPSA) is 32.3 Å². The molecule has 1 heterocycles. The van der Waals surface area contributed by atoms with Gasteiger partial charge >= 0.3 is 0 Å².